The Hall–Kier alpha value is -0.640. The van der Waals surface area contributed by atoms with E-state index in [4.69, 9.17) is 0 Å². The van der Waals surface area contributed by atoms with Gasteiger partial charge in [-0.25, -0.2) is 0 Å². The molecule has 2 nitrogen and oxygen atoms in total. The topological polar surface area (TPSA) is 40.5 Å². The second-order valence-electron chi connectivity index (χ2n) is 2.97. The molecule has 0 saturated heterocycles. The largest absolute Gasteiger partial charge is 0.386 e. The van der Waals surface area contributed by atoms with Crippen molar-refractivity contribution in [2.24, 2.45) is 0 Å². The van der Waals surface area contributed by atoms with Gasteiger partial charge in [-0.15, -0.1) is 11.3 Å². The number of aryl methyl sites for hydroxylation is 1. The van der Waals surface area contributed by atoms with Crippen LogP contribution in [0.15, 0.2) is 12.1 Å². The lowest BCUT2D eigenvalue weighted by Crippen LogP contribution is -2.17. The number of aliphatic hydroxyl groups is 2. The maximum absolute atomic E-state index is 9.55. The first-order chi connectivity index (χ1) is 5.68. The van der Waals surface area contributed by atoms with Crippen LogP contribution in [0, 0.1) is 6.92 Å². The quantitative estimate of drug-likeness (QED) is 0.638. The van der Waals surface area contributed by atoms with Crippen molar-refractivity contribution in [2.75, 3.05) is 0 Å². The minimum Gasteiger partial charge on any atom is -0.386 e. The van der Waals surface area contributed by atoms with Gasteiger partial charge in [-0.2, -0.15) is 0 Å². The summed E-state index contributed by atoms with van der Waals surface area (Å²) in [6.45, 7) is 2.00. The van der Waals surface area contributed by atoms with Gasteiger partial charge in [0.15, 0.2) is 0 Å². The fraction of sp³-hybridized carbons (Fsp3) is 0.333. The van der Waals surface area contributed by atoms with Gasteiger partial charge in [-0.05, 0) is 19.1 Å². The molecule has 1 aromatic rings. The van der Waals surface area contributed by atoms with Crippen LogP contribution in [-0.4, -0.2) is 16.3 Å². The molecule has 1 heterocycles. The van der Waals surface area contributed by atoms with Crippen molar-refractivity contribution >= 4 is 17.4 Å². The molecule has 0 aromatic carbocycles. The van der Waals surface area contributed by atoms with Crippen molar-refractivity contribution in [3.05, 3.63) is 27.5 Å². The Bertz CT molecular complexity index is 327. The Morgan fingerprint density at radius 1 is 1.42 bits per heavy atom. The Morgan fingerprint density at radius 2 is 2.17 bits per heavy atom. The first-order valence-electron chi connectivity index (χ1n) is 3.83. The van der Waals surface area contributed by atoms with E-state index in [1.807, 2.05) is 19.1 Å². The van der Waals surface area contributed by atoms with Crippen LogP contribution < -0.4 is 0 Å². The molecule has 0 fully saturated rings. The average molecular weight is 182 g/mol. The molecule has 0 unspecified atom stereocenters. The molecule has 1 aliphatic carbocycles. The van der Waals surface area contributed by atoms with Gasteiger partial charge in [0.2, 0.25) is 0 Å². The highest BCUT2D eigenvalue weighted by Crippen LogP contribution is 2.33. The lowest BCUT2D eigenvalue weighted by atomic mass is 9.99. The summed E-state index contributed by atoms with van der Waals surface area (Å²) < 4.78 is 0. The molecule has 1 aliphatic rings. The molecule has 0 radical (unpaired) electrons. The van der Waals surface area contributed by atoms with Crippen LogP contribution in [0.4, 0.5) is 0 Å². The van der Waals surface area contributed by atoms with Crippen LogP contribution >= 0.6 is 11.3 Å². The van der Waals surface area contributed by atoms with Crippen LogP contribution in [0.1, 0.15) is 21.4 Å². The summed E-state index contributed by atoms with van der Waals surface area (Å²) in [4.78, 5) is 2.23. The van der Waals surface area contributed by atoms with E-state index < -0.39 is 12.2 Å². The van der Waals surface area contributed by atoms with Gasteiger partial charge in [0.1, 0.15) is 12.2 Å². The van der Waals surface area contributed by atoms with Crippen molar-refractivity contribution in [3.8, 4) is 0 Å². The van der Waals surface area contributed by atoms with Crippen LogP contribution in [-0.2, 0) is 0 Å². The summed E-state index contributed by atoms with van der Waals surface area (Å²) in [5, 5.41) is 18.9. The molecule has 2 N–H and O–H groups in total. The third kappa shape index (κ3) is 1.10. The first kappa shape index (κ1) is 7.98. The summed E-state index contributed by atoms with van der Waals surface area (Å²) in [7, 11) is 0. The zero-order valence-corrected chi connectivity index (χ0v) is 7.51. The molecule has 2 rings (SSSR count). The SMILES string of the molecule is Cc1cc2c(s1)C=C[C@H](O)[C@@H]2O. The fourth-order valence-electron chi connectivity index (χ4n) is 1.39. The highest BCUT2D eigenvalue weighted by molar-refractivity contribution is 7.13. The predicted molar refractivity (Wildman–Crippen MR) is 49.1 cm³/mol. The molecular weight excluding hydrogens is 172 g/mol. The highest BCUT2D eigenvalue weighted by atomic mass is 32.1. The van der Waals surface area contributed by atoms with Gasteiger partial charge in [0.05, 0.1) is 0 Å². The lowest BCUT2D eigenvalue weighted by Gasteiger charge is -2.18. The molecule has 2 atom stereocenters. The molecule has 12 heavy (non-hydrogen) atoms. The molecule has 1 aromatic heterocycles. The van der Waals surface area contributed by atoms with E-state index in [1.54, 1.807) is 17.4 Å². The summed E-state index contributed by atoms with van der Waals surface area (Å²) in [6.07, 6.45) is 2.01. The highest BCUT2D eigenvalue weighted by Gasteiger charge is 2.23. The smallest absolute Gasteiger partial charge is 0.110 e. The lowest BCUT2D eigenvalue weighted by molar-refractivity contribution is 0.0474. The van der Waals surface area contributed by atoms with Gasteiger partial charge >= 0.3 is 0 Å². The van der Waals surface area contributed by atoms with E-state index >= 15 is 0 Å². The van der Waals surface area contributed by atoms with Gasteiger partial charge in [-0.3, -0.25) is 0 Å². The van der Waals surface area contributed by atoms with Crippen molar-refractivity contribution in [1.29, 1.82) is 0 Å². The number of thiophene rings is 1. The number of hydrogen-bond donors (Lipinski definition) is 2. The fourth-order valence-corrected chi connectivity index (χ4v) is 2.37. The van der Waals surface area contributed by atoms with E-state index in [0.717, 1.165) is 15.3 Å². The van der Waals surface area contributed by atoms with E-state index in [-0.39, 0.29) is 0 Å². The molecule has 0 spiro atoms. The van der Waals surface area contributed by atoms with Crippen LogP contribution in [0.25, 0.3) is 6.08 Å². The third-order valence-electron chi connectivity index (χ3n) is 2.00. The Kier molecular flexibility index (Phi) is 1.79. The third-order valence-corrected chi connectivity index (χ3v) is 3.03. The zero-order chi connectivity index (χ0) is 8.72. The van der Waals surface area contributed by atoms with Crippen LogP contribution in [0.3, 0.4) is 0 Å². The molecule has 64 valence electrons. The molecular formula is C9H10O2S. The first-order valence-corrected chi connectivity index (χ1v) is 4.65. The minimum atomic E-state index is -0.744. The van der Waals surface area contributed by atoms with Gasteiger partial charge in [0, 0.05) is 15.3 Å². The van der Waals surface area contributed by atoms with Crippen LogP contribution in [0.2, 0.25) is 0 Å². The number of rotatable bonds is 0. The number of fused-ring (bicyclic) bond motifs is 1. The minimum absolute atomic E-state index is 0.741. The van der Waals surface area contributed by atoms with Gasteiger partial charge in [0.25, 0.3) is 0 Å². The second kappa shape index (κ2) is 2.69. The number of hydrogen-bond acceptors (Lipinski definition) is 3. The van der Waals surface area contributed by atoms with Crippen molar-refractivity contribution < 1.29 is 10.2 Å². The predicted octanol–water partition coefficient (Wildman–Crippen LogP) is 1.48. The summed E-state index contributed by atoms with van der Waals surface area (Å²) >= 11 is 1.64. The zero-order valence-electron chi connectivity index (χ0n) is 6.69. The summed E-state index contributed by atoms with van der Waals surface area (Å²) in [5.41, 5.74) is 0.854. The molecule has 0 saturated carbocycles. The van der Waals surface area contributed by atoms with Gasteiger partial charge in [-0.1, -0.05) is 6.08 Å². The van der Waals surface area contributed by atoms with E-state index in [0.29, 0.717) is 0 Å². The van der Waals surface area contributed by atoms with E-state index in [9.17, 15) is 10.2 Å². The maximum atomic E-state index is 9.55. The van der Waals surface area contributed by atoms with Gasteiger partial charge < -0.3 is 10.2 Å². The molecule has 0 amide bonds. The summed E-state index contributed by atoms with van der Waals surface area (Å²) in [5.74, 6) is 0. The van der Waals surface area contributed by atoms with E-state index in [2.05, 4.69) is 0 Å². The maximum Gasteiger partial charge on any atom is 0.110 e. The van der Waals surface area contributed by atoms with Crippen molar-refractivity contribution in [2.45, 2.75) is 19.1 Å². The standard InChI is InChI=1S/C9H10O2S/c1-5-4-6-8(12-5)3-2-7(10)9(6)11/h2-4,7,9-11H,1H3/t7-,9+/m0/s1. The second-order valence-corrected chi connectivity index (χ2v) is 4.26. The van der Waals surface area contributed by atoms with Crippen molar-refractivity contribution in [3.63, 3.8) is 0 Å². The molecule has 0 aliphatic heterocycles. The monoisotopic (exact) mass is 182 g/mol. The number of aliphatic hydroxyl groups excluding tert-OH is 2. The Labute approximate surface area is 74.8 Å². The van der Waals surface area contributed by atoms with Crippen molar-refractivity contribution in [1.82, 2.24) is 0 Å². The summed E-state index contributed by atoms with van der Waals surface area (Å²) in [6, 6.07) is 1.93. The molecule has 0 bridgehead atoms. The normalized spacial score (nSPS) is 27.2. The van der Waals surface area contributed by atoms with E-state index in [1.165, 1.54) is 0 Å². The Balaban J connectivity index is 2.50. The molecule has 3 heteroatoms. The Morgan fingerprint density at radius 3 is 2.92 bits per heavy atom. The average Bonchev–Trinajstić information content (AvgIpc) is 2.39. The van der Waals surface area contributed by atoms with Crippen LogP contribution in [0.5, 0.6) is 0 Å².